The molecule has 1 saturated carbocycles. The number of aryl methyl sites for hydroxylation is 1. The fraction of sp³-hybridized carbons (Fsp3) is 0.455. The van der Waals surface area contributed by atoms with Crippen LogP contribution in [0.15, 0.2) is 40.1 Å². The fourth-order valence-electron chi connectivity index (χ4n) is 4.09. The number of primary sulfonamides is 1. The van der Waals surface area contributed by atoms with Crippen LogP contribution in [0.5, 0.6) is 0 Å². The van der Waals surface area contributed by atoms with Crippen LogP contribution in [0.3, 0.4) is 0 Å². The Labute approximate surface area is 192 Å². The third-order valence-corrected chi connectivity index (χ3v) is 8.46. The molecule has 0 spiro atoms. The molecule has 3 N–H and O–H groups in total. The monoisotopic (exact) mass is 504 g/mol. The predicted molar refractivity (Wildman–Crippen MR) is 120 cm³/mol. The first kappa shape index (κ1) is 25.5. The fourth-order valence-corrected chi connectivity index (χ4v) is 6.31. The van der Waals surface area contributed by atoms with Crippen LogP contribution in [0.4, 0.5) is 18.9 Å². The van der Waals surface area contributed by atoms with Crippen LogP contribution >= 0.6 is 0 Å². The molecule has 182 valence electrons. The van der Waals surface area contributed by atoms with E-state index >= 15 is 8.78 Å². The van der Waals surface area contributed by atoms with E-state index in [0.717, 1.165) is 32.1 Å². The maximum atomic E-state index is 15.3. The van der Waals surface area contributed by atoms with Gasteiger partial charge in [-0.15, -0.1) is 0 Å². The van der Waals surface area contributed by atoms with Gasteiger partial charge in [-0.1, -0.05) is 62.4 Å². The van der Waals surface area contributed by atoms with Crippen LogP contribution in [0, 0.1) is 17.5 Å². The molecule has 0 radical (unpaired) electrons. The molecule has 0 amide bonds. The molecule has 0 saturated heterocycles. The van der Waals surface area contributed by atoms with Gasteiger partial charge >= 0.3 is 0 Å². The third-order valence-electron chi connectivity index (χ3n) is 5.79. The predicted octanol–water partition coefficient (Wildman–Crippen LogP) is 4.29. The molecule has 0 bridgehead atoms. The summed E-state index contributed by atoms with van der Waals surface area (Å²) in [4.78, 5) is -2.89. The van der Waals surface area contributed by atoms with Crippen molar-refractivity contribution in [2.24, 2.45) is 5.14 Å². The first-order valence-corrected chi connectivity index (χ1v) is 14.0. The third kappa shape index (κ3) is 6.07. The number of nitrogens with one attached hydrogen (secondary N) is 1. The molecule has 1 fully saturated rings. The molecule has 33 heavy (non-hydrogen) atoms. The SMILES string of the molecule is NS(=O)(=O)c1c(F)c(F)c(S(=O)(=O)CCc2ccccc2)c(NC2CCCCCCC2)c1F. The summed E-state index contributed by atoms with van der Waals surface area (Å²) in [6.45, 7) is 0. The lowest BCUT2D eigenvalue weighted by atomic mass is 9.96. The van der Waals surface area contributed by atoms with Gasteiger partial charge in [0.2, 0.25) is 10.0 Å². The Bertz CT molecular complexity index is 1200. The lowest BCUT2D eigenvalue weighted by Gasteiger charge is -2.25. The highest BCUT2D eigenvalue weighted by atomic mass is 32.2. The molecule has 0 aliphatic heterocycles. The van der Waals surface area contributed by atoms with Crippen molar-refractivity contribution in [3.8, 4) is 0 Å². The van der Waals surface area contributed by atoms with Crippen LogP contribution in [0.2, 0.25) is 0 Å². The molecule has 0 atom stereocenters. The van der Waals surface area contributed by atoms with Crippen LogP contribution in [-0.4, -0.2) is 28.6 Å². The highest BCUT2D eigenvalue weighted by Crippen LogP contribution is 2.37. The molecule has 6 nitrogen and oxygen atoms in total. The summed E-state index contributed by atoms with van der Waals surface area (Å²) in [6, 6.07) is 8.05. The maximum absolute atomic E-state index is 15.3. The van der Waals surface area contributed by atoms with Crippen LogP contribution in [-0.2, 0) is 26.3 Å². The number of sulfone groups is 1. The van der Waals surface area contributed by atoms with Crippen LogP contribution < -0.4 is 10.5 Å². The molecule has 11 heteroatoms. The zero-order valence-electron chi connectivity index (χ0n) is 18.0. The molecule has 2 aromatic carbocycles. The molecule has 3 rings (SSSR count). The molecular formula is C22H27F3N2O4S2. The number of anilines is 1. The Balaban J connectivity index is 2.10. The summed E-state index contributed by atoms with van der Waals surface area (Å²) in [5.74, 6) is -6.45. The van der Waals surface area contributed by atoms with Gasteiger partial charge in [0.05, 0.1) is 11.4 Å². The van der Waals surface area contributed by atoms with Crippen molar-refractivity contribution in [3.63, 3.8) is 0 Å². The normalized spacial score (nSPS) is 16.2. The average Bonchev–Trinajstić information content (AvgIpc) is 2.72. The lowest BCUT2D eigenvalue weighted by Crippen LogP contribution is -2.27. The van der Waals surface area contributed by atoms with Crippen LogP contribution in [0.1, 0.15) is 50.5 Å². The Morgan fingerprint density at radius 3 is 1.94 bits per heavy atom. The standard InChI is InChI=1S/C22H27F3N2O4S2/c23-17-18(24)22(32(28,29)14-13-15-9-5-4-6-10-15)20(19(25)21(17)33(26,30)31)27-16-11-7-2-1-3-8-12-16/h4-6,9-10,16,27H,1-3,7-8,11-14H2,(H2,26,30,31). The van der Waals surface area contributed by atoms with Crippen LogP contribution in [0.25, 0.3) is 0 Å². The largest absolute Gasteiger partial charge is 0.379 e. The van der Waals surface area contributed by atoms with E-state index in [4.69, 9.17) is 5.14 Å². The van der Waals surface area contributed by atoms with E-state index in [-0.39, 0.29) is 6.42 Å². The summed E-state index contributed by atoms with van der Waals surface area (Å²) in [6.07, 6.45) is 5.54. The first-order valence-electron chi connectivity index (χ1n) is 10.8. The molecule has 0 aromatic heterocycles. The minimum Gasteiger partial charge on any atom is -0.379 e. The molecule has 2 aromatic rings. The number of rotatable bonds is 7. The quantitative estimate of drug-likeness (QED) is 0.547. The zero-order chi connectivity index (χ0) is 24.2. The highest BCUT2D eigenvalue weighted by molar-refractivity contribution is 7.91. The summed E-state index contributed by atoms with van der Waals surface area (Å²) < 4.78 is 94.8. The van der Waals surface area contributed by atoms with Gasteiger partial charge in [0, 0.05) is 6.04 Å². The van der Waals surface area contributed by atoms with E-state index in [2.05, 4.69) is 5.32 Å². The van der Waals surface area contributed by atoms with E-state index < -0.39 is 64.6 Å². The minimum atomic E-state index is -5.01. The van der Waals surface area contributed by atoms with Crippen molar-refractivity contribution in [3.05, 3.63) is 53.3 Å². The number of hydrogen-bond donors (Lipinski definition) is 2. The Morgan fingerprint density at radius 1 is 0.818 bits per heavy atom. The lowest BCUT2D eigenvalue weighted by molar-refractivity contribution is 0.435. The maximum Gasteiger partial charge on any atom is 0.244 e. The Kier molecular flexibility index (Phi) is 8.07. The Morgan fingerprint density at radius 2 is 1.36 bits per heavy atom. The molecule has 1 aliphatic carbocycles. The number of sulfonamides is 1. The van der Waals surface area contributed by atoms with Gasteiger partial charge in [-0.05, 0) is 24.8 Å². The van der Waals surface area contributed by atoms with Gasteiger partial charge in [0.1, 0.15) is 4.90 Å². The van der Waals surface area contributed by atoms with Gasteiger partial charge in [0.25, 0.3) is 0 Å². The Hall–Kier alpha value is -2.11. The molecule has 0 unspecified atom stereocenters. The van der Waals surface area contributed by atoms with Crippen molar-refractivity contribution in [2.75, 3.05) is 11.1 Å². The zero-order valence-corrected chi connectivity index (χ0v) is 19.6. The summed E-state index contributed by atoms with van der Waals surface area (Å²) in [5, 5.41) is 7.61. The van der Waals surface area contributed by atoms with Gasteiger partial charge in [0.15, 0.2) is 32.2 Å². The van der Waals surface area contributed by atoms with Gasteiger partial charge in [-0.3, -0.25) is 0 Å². The van der Waals surface area contributed by atoms with E-state index in [1.807, 2.05) is 0 Å². The summed E-state index contributed by atoms with van der Waals surface area (Å²) in [7, 11) is -9.55. The van der Waals surface area contributed by atoms with Crippen molar-refractivity contribution >= 4 is 25.5 Å². The number of hydrogen-bond acceptors (Lipinski definition) is 5. The van der Waals surface area contributed by atoms with E-state index in [1.165, 1.54) is 0 Å². The van der Waals surface area contributed by atoms with Crippen molar-refractivity contribution in [1.29, 1.82) is 0 Å². The number of halogens is 3. The average molecular weight is 505 g/mol. The molecular weight excluding hydrogens is 477 g/mol. The van der Waals surface area contributed by atoms with Crippen molar-refractivity contribution < 1.29 is 30.0 Å². The molecule has 0 heterocycles. The second-order valence-electron chi connectivity index (χ2n) is 8.26. The molecule has 1 aliphatic rings. The van der Waals surface area contributed by atoms with Crippen molar-refractivity contribution in [1.82, 2.24) is 0 Å². The minimum absolute atomic E-state index is 0.0222. The topological polar surface area (TPSA) is 106 Å². The number of benzene rings is 2. The van der Waals surface area contributed by atoms with E-state index in [0.29, 0.717) is 18.4 Å². The van der Waals surface area contributed by atoms with E-state index in [9.17, 15) is 21.2 Å². The highest BCUT2D eigenvalue weighted by Gasteiger charge is 2.36. The van der Waals surface area contributed by atoms with Gasteiger partial charge in [-0.25, -0.2) is 35.1 Å². The van der Waals surface area contributed by atoms with E-state index in [1.54, 1.807) is 30.3 Å². The second-order valence-corrected chi connectivity index (χ2v) is 11.8. The van der Waals surface area contributed by atoms with Gasteiger partial charge < -0.3 is 5.32 Å². The van der Waals surface area contributed by atoms with Crippen molar-refractivity contribution in [2.45, 2.75) is 67.2 Å². The first-order chi connectivity index (χ1) is 15.5. The summed E-state index contributed by atoms with van der Waals surface area (Å²) >= 11 is 0. The van der Waals surface area contributed by atoms with Gasteiger partial charge in [-0.2, -0.15) is 0 Å². The summed E-state index contributed by atoms with van der Waals surface area (Å²) in [5.41, 5.74) is -0.241. The number of nitrogens with two attached hydrogens (primary N) is 1. The second kappa shape index (κ2) is 10.4. The smallest absolute Gasteiger partial charge is 0.244 e.